The molecule has 5 nitrogen and oxygen atoms in total. The second-order valence-corrected chi connectivity index (χ2v) is 9.22. The van der Waals surface area contributed by atoms with Crippen molar-refractivity contribution >= 4 is 49.7 Å². The Labute approximate surface area is 131 Å². The maximum absolute atomic E-state index is 12.9. The lowest BCUT2D eigenvalue weighted by atomic mass is 10.2. The van der Waals surface area contributed by atoms with Gasteiger partial charge in [-0.15, -0.1) is 11.3 Å². The van der Waals surface area contributed by atoms with Gasteiger partial charge in [-0.25, -0.2) is 13.4 Å². The van der Waals surface area contributed by atoms with Crippen molar-refractivity contribution < 1.29 is 8.42 Å². The Morgan fingerprint density at radius 1 is 1.45 bits per heavy atom. The first kappa shape index (κ1) is 14.6. The topological polar surface area (TPSA) is 54.7 Å². The van der Waals surface area contributed by atoms with Crippen LogP contribution in [0.5, 0.6) is 0 Å². The van der Waals surface area contributed by atoms with Crippen molar-refractivity contribution in [3.05, 3.63) is 16.7 Å². The second-order valence-electron chi connectivity index (χ2n) is 4.70. The molecule has 0 amide bonds. The lowest BCUT2D eigenvalue weighted by Gasteiger charge is -2.36. The van der Waals surface area contributed by atoms with Crippen molar-refractivity contribution in [2.75, 3.05) is 12.3 Å². The van der Waals surface area contributed by atoms with Gasteiger partial charge < -0.3 is 0 Å². The molecule has 0 aromatic carbocycles. The molecule has 2 unspecified atom stereocenters. The number of thioether (sulfide) groups is 1. The van der Waals surface area contributed by atoms with Crippen LogP contribution in [0.2, 0.25) is 5.15 Å². The summed E-state index contributed by atoms with van der Waals surface area (Å²) in [4.78, 5) is 4.71. The van der Waals surface area contributed by atoms with E-state index in [1.807, 2.05) is 6.92 Å². The van der Waals surface area contributed by atoms with Crippen LogP contribution < -0.4 is 0 Å². The Morgan fingerprint density at radius 2 is 2.20 bits per heavy atom. The maximum Gasteiger partial charge on any atom is 0.262 e. The predicted molar refractivity (Wildman–Crippen MR) is 83.4 cm³/mol. The molecule has 1 aliphatic rings. The summed E-state index contributed by atoms with van der Waals surface area (Å²) in [6.45, 7) is 4.50. The van der Waals surface area contributed by atoms with E-state index in [0.717, 1.165) is 5.75 Å². The number of hydrogen-bond acceptors (Lipinski definition) is 5. The summed E-state index contributed by atoms with van der Waals surface area (Å²) in [6.07, 6.45) is 1.69. The van der Waals surface area contributed by atoms with Gasteiger partial charge in [-0.1, -0.05) is 18.5 Å². The second kappa shape index (κ2) is 5.17. The number of fused-ring (bicyclic) bond motifs is 1. The number of hydrogen-bond donors (Lipinski definition) is 0. The monoisotopic (exact) mass is 351 g/mol. The van der Waals surface area contributed by atoms with Gasteiger partial charge in [0.15, 0.2) is 15.1 Å². The lowest BCUT2D eigenvalue weighted by molar-refractivity contribution is 0.339. The van der Waals surface area contributed by atoms with E-state index in [1.54, 1.807) is 32.0 Å². The van der Waals surface area contributed by atoms with E-state index in [9.17, 15) is 8.42 Å². The van der Waals surface area contributed by atoms with E-state index in [-0.39, 0.29) is 21.5 Å². The van der Waals surface area contributed by atoms with Gasteiger partial charge in [-0.2, -0.15) is 16.1 Å². The highest BCUT2D eigenvalue weighted by atomic mass is 35.5. The van der Waals surface area contributed by atoms with Crippen LogP contribution in [-0.4, -0.2) is 45.7 Å². The normalized spacial score (nSPS) is 25.4. The molecule has 1 aliphatic heterocycles. The van der Waals surface area contributed by atoms with Crippen molar-refractivity contribution in [2.45, 2.75) is 30.2 Å². The minimum atomic E-state index is -3.63. The zero-order valence-electron chi connectivity index (χ0n) is 11.0. The number of sulfonamides is 1. The molecule has 0 aliphatic carbocycles. The molecular formula is C11H14ClN3O2S3. The highest BCUT2D eigenvalue weighted by Crippen LogP contribution is 2.33. The molecule has 110 valence electrons. The first-order chi connectivity index (χ1) is 9.43. The van der Waals surface area contributed by atoms with Crippen LogP contribution >= 0.6 is 34.7 Å². The van der Waals surface area contributed by atoms with Gasteiger partial charge in [0.25, 0.3) is 10.0 Å². The molecule has 0 N–H and O–H groups in total. The van der Waals surface area contributed by atoms with Gasteiger partial charge in [0.2, 0.25) is 0 Å². The van der Waals surface area contributed by atoms with E-state index in [1.165, 1.54) is 11.3 Å². The quantitative estimate of drug-likeness (QED) is 0.834. The summed E-state index contributed by atoms with van der Waals surface area (Å²) in [5.74, 6) is 0.800. The molecule has 2 aromatic heterocycles. The molecule has 3 heterocycles. The SMILES string of the molecule is CC1SCCN(S(=O)(=O)c2c(Cl)nc3sccn23)C1C. The highest BCUT2D eigenvalue weighted by molar-refractivity contribution is 8.00. The molecular weight excluding hydrogens is 338 g/mol. The molecule has 20 heavy (non-hydrogen) atoms. The zero-order chi connectivity index (χ0) is 14.5. The standard InChI is InChI=1S/C11H14ClN3O2S3/c1-7-8(2)18-6-4-15(7)20(16,17)10-9(12)13-11-14(10)3-5-19-11/h3,5,7-8H,4,6H2,1-2H3. The Kier molecular flexibility index (Phi) is 3.79. The van der Waals surface area contributed by atoms with Crippen molar-refractivity contribution in [2.24, 2.45) is 0 Å². The van der Waals surface area contributed by atoms with Crippen molar-refractivity contribution in [1.29, 1.82) is 0 Å². The molecule has 0 spiro atoms. The minimum absolute atomic E-state index is 0.0509. The van der Waals surface area contributed by atoms with Crippen LogP contribution in [0.15, 0.2) is 16.6 Å². The van der Waals surface area contributed by atoms with Crippen molar-refractivity contribution in [3.63, 3.8) is 0 Å². The molecule has 0 bridgehead atoms. The fourth-order valence-corrected chi connectivity index (χ4v) is 6.73. The molecule has 1 saturated heterocycles. The Bertz CT molecular complexity index is 739. The zero-order valence-corrected chi connectivity index (χ0v) is 14.2. The average molecular weight is 352 g/mol. The highest BCUT2D eigenvalue weighted by Gasteiger charge is 2.38. The molecule has 2 atom stereocenters. The lowest BCUT2D eigenvalue weighted by Crippen LogP contribution is -2.48. The third kappa shape index (κ3) is 2.18. The largest absolute Gasteiger partial charge is 0.279 e. The van der Waals surface area contributed by atoms with Gasteiger partial charge in [-0.05, 0) is 6.92 Å². The number of rotatable bonds is 2. The summed E-state index contributed by atoms with van der Waals surface area (Å²) in [7, 11) is -3.63. The first-order valence-electron chi connectivity index (χ1n) is 6.17. The van der Waals surface area contributed by atoms with Crippen LogP contribution in [0.25, 0.3) is 4.96 Å². The summed E-state index contributed by atoms with van der Waals surface area (Å²) in [6, 6.07) is -0.0565. The van der Waals surface area contributed by atoms with Gasteiger partial charge in [0.1, 0.15) is 0 Å². The fraction of sp³-hybridized carbons (Fsp3) is 0.545. The fourth-order valence-electron chi connectivity index (χ4n) is 2.33. The van der Waals surface area contributed by atoms with E-state index in [0.29, 0.717) is 11.5 Å². The van der Waals surface area contributed by atoms with Gasteiger partial charge in [-0.3, -0.25) is 4.40 Å². The summed E-state index contributed by atoms with van der Waals surface area (Å²) >= 11 is 9.22. The Morgan fingerprint density at radius 3 is 2.95 bits per heavy atom. The average Bonchev–Trinajstić information content (AvgIpc) is 2.91. The van der Waals surface area contributed by atoms with E-state index in [4.69, 9.17) is 11.6 Å². The molecule has 3 rings (SSSR count). The van der Waals surface area contributed by atoms with Crippen LogP contribution in [0, 0.1) is 0 Å². The van der Waals surface area contributed by atoms with Crippen molar-refractivity contribution in [3.8, 4) is 0 Å². The smallest absolute Gasteiger partial charge is 0.262 e. The third-order valence-electron chi connectivity index (χ3n) is 3.56. The number of nitrogens with zero attached hydrogens (tertiary/aromatic N) is 3. The van der Waals surface area contributed by atoms with E-state index in [2.05, 4.69) is 11.9 Å². The Balaban J connectivity index is 2.12. The third-order valence-corrected chi connectivity index (χ3v) is 8.04. The molecule has 2 aromatic rings. The maximum atomic E-state index is 12.9. The van der Waals surface area contributed by atoms with Gasteiger partial charge in [0.05, 0.1) is 0 Å². The Hall–Kier alpha value is -0.280. The van der Waals surface area contributed by atoms with Crippen LogP contribution in [0.4, 0.5) is 0 Å². The minimum Gasteiger partial charge on any atom is -0.279 e. The number of thiazole rings is 1. The summed E-state index contributed by atoms with van der Waals surface area (Å²) in [5.41, 5.74) is 0. The molecule has 0 saturated carbocycles. The predicted octanol–water partition coefficient (Wildman–Crippen LogP) is 2.56. The van der Waals surface area contributed by atoms with Crippen LogP contribution in [-0.2, 0) is 10.0 Å². The van der Waals surface area contributed by atoms with Crippen LogP contribution in [0.1, 0.15) is 13.8 Å². The first-order valence-corrected chi connectivity index (χ1v) is 9.92. The number of aromatic nitrogens is 2. The number of halogens is 1. The van der Waals surface area contributed by atoms with Gasteiger partial charge in [0, 0.05) is 35.2 Å². The number of imidazole rings is 1. The van der Waals surface area contributed by atoms with E-state index < -0.39 is 10.0 Å². The van der Waals surface area contributed by atoms with Gasteiger partial charge >= 0.3 is 0 Å². The summed E-state index contributed by atoms with van der Waals surface area (Å²) in [5, 5.41) is 2.20. The van der Waals surface area contributed by atoms with Crippen LogP contribution in [0.3, 0.4) is 0 Å². The molecule has 1 fully saturated rings. The van der Waals surface area contributed by atoms with Crippen molar-refractivity contribution in [1.82, 2.24) is 13.7 Å². The molecule has 0 radical (unpaired) electrons. The summed E-state index contributed by atoms with van der Waals surface area (Å²) < 4.78 is 28.9. The molecule has 9 heteroatoms. The van der Waals surface area contributed by atoms with E-state index >= 15 is 0 Å².